The summed E-state index contributed by atoms with van der Waals surface area (Å²) in [5, 5.41) is 14.8. The molecule has 0 aliphatic heterocycles. The molecule has 0 bridgehead atoms. The van der Waals surface area contributed by atoms with E-state index in [-0.39, 0.29) is 12.6 Å². The molecule has 0 amide bonds. The lowest BCUT2D eigenvalue weighted by molar-refractivity contribution is 0.277. The zero-order chi connectivity index (χ0) is 12.3. The first-order chi connectivity index (χ1) is 8.20. The van der Waals surface area contributed by atoms with Gasteiger partial charge in [0.15, 0.2) is 0 Å². The number of thiophene rings is 1. The number of benzene rings is 1. The van der Waals surface area contributed by atoms with Crippen LogP contribution in [0.5, 0.6) is 0 Å². The second kappa shape index (κ2) is 6.00. The number of halogens is 2. The van der Waals surface area contributed by atoms with Gasteiger partial charge in [-0.2, -0.15) is 0 Å². The van der Waals surface area contributed by atoms with E-state index < -0.39 is 0 Å². The Morgan fingerprint density at radius 1 is 1.29 bits per heavy atom. The van der Waals surface area contributed by atoms with Gasteiger partial charge in [-0.3, -0.25) is 0 Å². The summed E-state index contributed by atoms with van der Waals surface area (Å²) in [6.45, 7) is 0.0638. The molecule has 1 heterocycles. The molecule has 17 heavy (non-hydrogen) atoms. The summed E-state index contributed by atoms with van der Waals surface area (Å²) >= 11 is 8.53. The number of hydrogen-bond acceptors (Lipinski definition) is 3. The van der Waals surface area contributed by atoms with Gasteiger partial charge in [0, 0.05) is 24.9 Å². The summed E-state index contributed by atoms with van der Waals surface area (Å²) in [5.41, 5.74) is 0.982. The van der Waals surface area contributed by atoms with Crippen LogP contribution in [0.3, 0.4) is 0 Å². The molecule has 2 N–H and O–H groups in total. The van der Waals surface area contributed by atoms with Gasteiger partial charge in [0.1, 0.15) is 0 Å². The van der Waals surface area contributed by atoms with E-state index in [1.54, 1.807) is 11.3 Å². The summed E-state index contributed by atoms with van der Waals surface area (Å²) in [5.74, 6) is 0. The molecule has 0 aliphatic carbocycles. The predicted octanol–water partition coefficient (Wildman–Crippen LogP) is 4.42. The SMILES string of the molecule is OCC(Nc1ccccc1Br)c1cc(Br)cs1. The molecule has 0 spiro atoms. The molecule has 1 atom stereocenters. The molecule has 2 aromatic rings. The van der Waals surface area contributed by atoms with E-state index in [4.69, 9.17) is 0 Å². The lowest BCUT2D eigenvalue weighted by Gasteiger charge is -2.17. The van der Waals surface area contributed by atoms with Gasteiger partial charge in [0.25, 0.3) is 0 Å². The van der Waals surface area contributed by atoms with Crippen LogP contribution in [0.1, 0.15) is 10.9 Å². The van der Waals surface area contributed by atoms with Gasteiger partial charge in [-0.1, -0.05) is 12.1 Å². The molecule has 0 aliphatic rings. The zero-order valence-electron chi connectivity index (χ0n) is 8.86. The standard InChI is InChI=1S/C12H11Br2NOS/c13-8-5-12(17-7-8)11(6-16)15-10-4-2-1-3-9(10)14/h1-5,7,11,15-16H,6H2. The van der Waals surface area contributed by atoms with Gasteiger partial charge in [-0.25, -0.2) is 0 Å². The van der Waals surface area contributed by atoms with E-state index in [2.05, 4.69) is 37.2 Å². The van der Waals surface area contributed by atoms with Crippen LogP contribution in [0.2, 0.25) is 0 Å². The van der Waals surface area contributed by atoms with Crippen molar-refractivity contribution in [2.45, 2.75) is 6.04 Å². The van der Waals surface area contributed by atoms with Gasteiger partial charge in [0.2, 0.25) is 0 Å². The van der Waals surface area contributed by atoms with Gasteiger partial charge in [-0.15, -0.1) is 11.3 Å². The first-order valence-electron chi connectivity index (χ1n) is 5.06. The predicted molar refractivity (Wildman–Crippen MR) is 79.6 cm³/mol. The zero-order valence-corrected chi connectivity index (χ0v) is 12.8. The van der Waals surface area contributed by atoms with Gasteiger partial charge in [-0.05, 0) is 50.1 Å². The number of aliphatic hydroxyl groups is 1. The molecular weight excluding hydrogens is 366 g/mol. The molecule has 0 fully saturated rings. The third-order valence-corrected chi connectivity index (χ3v) is 4.82. The molecule has 2 rings (SSSR count). The molecular formula is C12H11Br2NOS. The third kappa shape index (κ3) is 3.31. The third-order valence-electron chi connectivity index (χ3n) is 2.32. The minimum Gasteiger partial charge on any atom is -0.394 e. The Bertz CT molecular complexity index is 501. The first-order valence-corrected chi connectivity index (χ1v) is 7.53. The maximum atomic E-state index is 9.45. The first kappa shape index (κ1) is 13.1. The highest BCUT2D eigenvalue weighted by Crippen LogP contribution is 2.30. The molecule has 2 nitrogen and oxygen atoms in total. The number of hydrogen-bond donors (Lipinski definition) is 2. The van der Waals surface area contributed by atoms with Gasteiger partial charge < -0.3 is 10.4 Å². The topological polar surface area (TPSA) is 32.3 Å². The number of anilines is 1. The maximum absolute atomic E-state index is 9.45. The smallest absolute Gasteiger partial charge is 0.0838 e. The van der Waals surface area contributed by atoms with Crippen molar-refractivity contribution >= 4 is 48.9 Å². The molecule has 90 valence electrons. The molecule has 0 saturated heterocycles. The van der Waals surface area contributed by atoms with E-state index in [9.17, 15) is 5.11 Å². The lowest BCUT2D eigenvalue weighted by atomic mass is 10.2. The van der Waals surface area contributed by atoms with Crippen molar-refractivity contribution in [2.75, 3.05) is 11.9 Å². The summed E-state index contributed by atoms with van der Waals surface area (Å²) < 4.78 is 2.04. The highest BCUT2D eigenvalue weighted by molar-refractivity contribution is 9.10. The van der Waals surface area contributed by atoms with Crippen molar-refractivity contribution < 1.29 is 5.11 Å². The van der Waals surface area contributed by atoms with Gasteiger partial charge >= 0.3 is 0 Å². The van der Waals surface area contributed by atoms with Crippen molar-refractivity contribution in [1.29, 1.82) is 0 Å². The summed E-state index contributed by atoms with van der Waals surface area (Å²) in [6.07, 6.45) is 0. The Hall–Kier alpha value is -0.360. The molecule has 1 aromatic heterocycles. The summed E-state index contributed by atoms with van der Waals surface area (Å²) in [6, 6.07) is 9.83. The maximum Gasteiger partial charge on any atom is 0.0838 e. The van der Waals surface area contributed by atoms with E-state index in [0.717, 1.165) is 19.5 Å². The van der Waals surface area contributed by atoms with Crippen LogP contribution in [0.25, 0.3) is 0 Å². The Morgan fingerprint density at radius 2 is 2.06 bits per heavy atom. The largest absolute Gasteiger partial charge is 0.394 e. The number of rotatable bonds is 4. The highest BCUT2D eigenvalue weighted by Gasteiger charge is 2.13. The molecule has 0 saturated carbocycles. The Morgan fingerprint density at radius 3 is 2.65 bits per heavy atom. The average Bonchev–Trinajstić information content (AvgIpc) is 2.75. The fourth-order valence-corrected chi connectivity index (χ4v) is 3.37. The van der Waals surface area contributed by atoms with Crippen LogP contribution in [0.15, 0.2) is 44.7 Å². The van der Waals surface area contributed by atoms with Crippen LogP contribution in [0, 0.1) is 0 Å². The number of nitrogens with one attached hydrogen (secondary N) is 1. The minimum absolute atomic E-state index is 0.0638. The lowest BCUT2D eigenvalue weighted by Crippen LogP contribution is -2.13. The van der Waals surface area contributed by atoms with Crippen molar-refractivity contribution in [3.63, 3.8) is 0 Å². The molecule has 1 aromatic carbocycles. The van der Waals surface area contributed by atoms with Crippen molar-refractivity contribution in [3.05, 3.63) is 49.5 Å². The van der Waals surface area contributed by atoms with Crippen LogP contribution >= 0.6 is 43.2 Å². The molecule has 5 heteroatoms. The normalized spacial score (nSPS) is 12.4. The Balaban J connectivity index is 2.18. The quantitative estimate of drug-likeness (QED) is 0.827. The van der Waals surface area contributed by atoms with Gasteiger partial charge in [0.05, 0.1) is 12.6 Å². The van der Waals surface area contributed by atoms with E-state index in [1.165, 1.54) is 0 Å². The van der Waals surface area contributed by atoms with Crippen molar-refractivity contribution in [3.8, 4) is 0 Å². The van der Waals surface area contributed by atoms with Crippen molar-refractivity contribution in [2.24, 2.45) is 0 Å². The number of aliphatic hydroxyl groups excluding tert-OH is 1. The van der Waals surface area contributed by atoms with E-state index in [0.29, 0.717) is 0 Å². The van der Waals surface area contributed by atoms with Crippen LogP contribution < -0.4 is 5.32 Å². The second-order valence-corrected chi connectivity index (χ2v) is 6.24. The summed E-state index contributed by atoms with van der Waals surface area (Å²) in [7, 11) is 0. The summed E-state index contributed by atoms with van der Waals surface area (Å²) in [4.78, 5) is 1.11. The van der Waals surface area contributed by atoms with Crippen LogP contribution in [0.4, 0.5) is 5.69 Å². The van der Waals surface area contributed by atoms with Crippen molar-refractivity contribution in [1.82, 2.24) is 0 Å². The van der Waals surface area contributed by atoms with E-state index in [1.807, 2.05) is 35.7 Å². The average molecular weight is 377 g/mol. The van der Waals surface area contributed by atoms with Crippen LogP contribution in [-0.2, 0) is 0 Å². The van der Waals surface area contributed by atoms with Crippen LogP contribution in [-0.4, -0.2) is 11.7 Å². The highest BCUT2D eigenvalue weighted by atomic mass is 79.9. The number of para-hydroxylation sites is 1. The molecule has 0 radical (unpaired) electrons. The monoisotopic (exact) mass is 375 g/mol. The minimum atomic E-state index is -0.0787. The Kier molecular flexibility index (Phi) is 4.62. The fourth-order valence-electron chi connectivity index (χ4n) is 1.48. The van der Waals surface area contributed by atoms with E-state index >= 15 is 0 Å². The Labute approximate surface area is 121 Å². The fraction of sp³-hybridized carbons (Fsp3) is 0.167. The second-order valence-electron chi connectivity index (χ2n) is 3.53. The molecule has 1 unspecified atom stereocenters.